The van der Waals surface area contributed by atoms with Crippen molar-refractivity contribution in [3.05, 3.63) is 94.1 Å². The second kappa shape index (κ2) is 8.31. The SMILES string of the molecule is COc1ccc(F)cc1-c1ccnc2[nH]c(C3=CC(c4ccc([N+](=O)[O-])cc4)=NCC3)cc12. The highest BCUT2D eigenvalue weighted by Gasteiger charge is 2.17. The fourth-order valence-corrected chi connectivity index (χ4v) is 4.05. The molecule has 2 aromatic carbocycles. The molecule has 0 fully saturated rings. The van der Waals surface area contributed by atoms with Crippen molar-refractivity contribution in [2.24, 2.45) is 4.99 Å². The number of methoxy groups -OCH3 is 1. The number of aliphatic imine (C=N–C) groups is 1. The van der Waals surface area contributed by atoms with Crippen LogP contribution < -0.4 is 4.74 Å². The molecule has 4 aromatic rings. The molecule has 1 aliphatic rings. The Hall–Kier alpha value is -4.33. The van der Waals surface area contributed by atoms with Crippen LogP contribution in [0.4, 0.5) is 10.1 Å². The Labute approximate surface area is 188 Å². The third-order valence-corrected chi connectivity index (χ3v) is 5.68. The molecule has 0 spiro atoms. The summed E-state index contributed by atoms with van der Waals surface area (Å²) in [6.45, 7) is 0.603. The van der Waals surface area contributed by atoms with Crippen LogP contribution in [0.3, 0.4) is 0 Å². The lowest BCUT2D eigenvalue weighted by Gasteiger charge is -2.12. The summed E-state index contributed by atoms with van der Waals surface area (Å²) in [5, 5.41) is 11.8. The average molecular weight is 442 g/mol. The van der Waals surface area contributed by atoms with Gasteiger partial charge in [-0.05, 0) is 66.1 Å². The van der Waals surface area contributed by atoms with E-state index >= 15 is 0 Å². The summed E-state index contributed by atoms with van der Waals surface area (Å²) in [7, 11) is 1.56. The van der Waals surface area contributed by atoms with Crippen molar-refractivity contribution in [2.75, 3.05) is 13.7 Å². The molecule has 0 atom stereocenters. The number of aromatic nitrogens is 2. The van der Waals surface area contributed by atoms with Crippen LogP contribution in [0, 0.1) is 15.9 Å². The minimum atomic E-state index is -0.420. The van der Waals surface area contributed by atoms with E-state index in [-0.39, 0.29) is 11.5 Å². The highest BCUT2D eigenvalue weighted by molar-refractivity contribution is 6.13. The van der Waals surface area contributed by atoms with E-state index in [0.29, 0.717) is 23.5 Å². The van der Waals surface area contributed by atoms with Gasteiger partial charge >= 0.3 is 0 Å². The minimum absolute atomic E-state index is 0.0429. The van der Waals surface area contributed by atoms with Crippen LogP contribution in [0.2, 0.25) is 0 Å². The lowest BCUT2D eigenvalue weighted by atomic mass is 9.99. The first-order chi connectivity index (χ1) is 16.0. The minimum Gasteiger partial charge on any atom is -0.496 e. The number of hydrogen-bond acceptors (Lipinski definition) is 5. The summed E-state index contributed by atoms with van der Waals surface area (Å²) in [4.78, 5) is 22.9. The van der Waals surface area contributed by atoms with Gasteiger partial charge in [0.05, 0.1) is 17.7 Å². The molecular weight excluding hydrogens is 423 g/mol. The van der Waals surface area contributed by atoms with Gasteiger partial charge in [-0.15, -0.1) is 0 Å². The molecule has 0 radical (unpaired) electrons. The molecule has 0 aliphatic carbocycles. The maximum atomic E-state index is 14.0. The van der Waals surface area contributed by atoms with Crippen LogP contribution >= 0.6 is 0 Å². The number of rotatable bonds is 5. The van der Waals surface area contributed by atoms with Gasteiger partial charge in [-0.3, -0.25) is 15.1 Å². The number of pyridine rings is 1. The number of nitrogens with zero attached hydrogens (tertiary/aromatic N) is 3. The summed E-state index contributed by atoms with van der Waals surface area (Å²) < 4.78 is 19.4. The Morgan fingerprint density at radius 2 is 1.91 bits per heavy atom. The molecule has 1 aliphatic heterocycles. The van der Waals surface area contributed by atoms with E-state index in [1.807, 2.05) is 18.2 Å². The van der Waals surface area contributed by atoms with Crippen molar-refractivity contribution in [3.63, 3.8) is 0 Å². The number of non-ortho nitro benzene ring substituents is 1. The van der Waals surface area contributed by atoms with Gasteiger partial charge in [-0.2, -0.15) is 0 Å². The number of hydrogen-bond donors (Lipinski definition) is 1. The topological polar surface area (TPSA) is 93.4 Å². The number of ether oxygens (including phenoxy) is 1. The smallest absolute Gasteiger partial charge is 0.269 e. The number of benzene rings is 2. The van der Waals surface area contributed by atoms with E-state index in [9.17, 15) is 14.5 Å². The quantitative estimate of drug-likeness (QED) is 0.323. The maximum Gasteiger partial charge on any atom is 0.269 e. The van der Waals surface area contributed by atoms with Crippen molar-refractivity contribution in [2.45, 2.75) is 6.42 Å². The Balaban J connectivity index is 1.55. The highest BCUT2D eigenvalue weighted by atomic mass is 19.1. The van der Waals surface area contributed by atoms with E-state index in [2.05, 4.69) is 15.0 Å². The maximum absolute atomic E-state index is 14.0. The Morgan fingerprint density at radius 3 is 2.67 bits per heavy atom. The molecule has 0 unspecified atom stereocenters. The number of dihydropyridines is 1. The summed E-state index contributed by atoms with van der Waals surface area (Å²) in [5.41, 5.74) is 5.74. The summed E-state index contributed by atoms with van der Waals surface area (Å²) in [6.07, 6.45) is 4.40. The zero-order valence-electron chi connectivity index (χ0n) is 17.7. The van der Waals surface area contributed by atoms with Crippen molar-refractivity contribution >= 4 is 28.0 Å². The molecule has 0 saturated carbocycles. The van der Waals surface area contributed by atoms with Gasteiger partial charge < -0.3 is 9.72 Å². The number of halogens is 1. The lowest BCUT2D eigenvalue weighted by Crippen LogP contribution is -2.06. The van der Waals surface area contributed by atoms with Gasteiger partial charge in [0.2, 0.25) is 0 Å². The monoisotopic (exact) mass is 442 g/mol. The van der Waals surface area contributed by atoms with Crippen LogP contribution in [-0.2, 0) is 0 Å². The predicted octanol–water partition coefficient (Wildman–Crippen LogP) is 5.56. The van der Waals surface area contributed by atoms with Crippen molar-refractivity contribution in [3.8, 4) is 16.9 Å². The van der Waals surface area contributed by atoms with E-state index < -0.39 is 4.92 Å². The van der Waals surface area contributed by atoms with Crippen LogP contribution in [0.15, 0.2) is 71.9 Å². The molecule has 8 heteroatoms. The standard InChI is InChI=1S/C25H19FN4O3/c1-33-24-7-4-17(26)13-20(24)19-9-11-28-25-21(19)14-23(29-25)16-8-10-27-22(12-16)15-2-5-18(6-3-15)30(31)32/h2-7,9,11-14H,8,10H2,1H3,(H,28,29). The van der Waals surface area contributed by atoms with Crippen molar-refractivity contribution in [1.82, 2.24) is 9.97 Å². The molecule has 3 heterocycles. The fraction of sp³-hybridized carbons (Fsp3) is 0.120. The molecule has 164 valence electrons. The number of H-pyrrole nitrogens is 1. The zero-order chi connectivity index (χ0) is 22.9. The first kappa shape index (κ1) is 20.6. The number of nitrogens with one attached hydrogen (secondary N) is 1. The second-order valence-electron chi connectivity index (χ2n) is 7.64. The number of allylic oxidation sites excluding steroid dienone is 1. The number of nitro benzene ring substituents is 1. The molecule has 0 saturated heterocycles. The Morgan fingerprint density at radius 1 is 1.09 bits per heavy atom. The molecule has 2 aromatic heterocycles. The van der Waals surface area contributed by atoms with Gasteiger partial charge in [-0.25, -0.2) is 9.37 Å². The molecule has 0 bridgehead atoms. The summed E-state index contributed by atoms with van der Waals surface area (Å²) >= 11 is 0. The molecular formula is C25H19FN4O3. The largest absolute Gasteiger partial charge is 0.496 e. The van der Waals surface area contributed by atoms with Crippen LogP contribution in [0.1, 0.15) is 17.7 Å². The molecule has 0 amide bonds. The second-order valence-corrected chi connectivity index (χ2v) is 7.64. The fourth-order valence-electron chi connectivity index (χ4n) is 4.05. The zero-order valence-corrected chi connectivity index (χ0v) is 17.7. The Kier molecular flexibility index (Phi) is 5.18. The van der Waals surface area contributed by atoms with Gasteiger partial charge in [0.15, 0.2) is 0 Å². The van der Waals surface area contributed by atoms with Gasteiger partial charge in [0, 0.05) is 47.1 Å². The molecule has 1 N–H and O–H groups in total. The molecule has 33 heavy (non-hydrogen) atoms. The Bertz CT molecular complexity index is 1440. The summed E-state index contributed by atoms with van der Waals surface area (Å²) in [6, 6.07) is 14.7. The third kappa shape index (κ3) is 3.87. The van der Waals surface area contributed by atoms with Gasteiger partial charge in [0.1, 0.15) is 17.2 Å². The van der Waals surface area contributed by atoms with E-state index in [0.717, 1.165) is 39.9 Å². The first-order valence-corrected chi connectivity index (χ1v) is 10.4. The summed E-state index contributed by atoms with van der Waals surface area (Å²) in [5.74, 6) is 0.238. The highest BCUT2D eigenvalue weighted by Crippen LogP contribution is 2.36. The van der Waals surface area contributed by atoms with Crippen molar-refractivity contribution < 1.29 is 14.1 Å². The average Bonchev–Trinajstić information content (AvgIpc) is 3.29. The van der Waals surface area contributed by atoms with E-state index in [4.69, 9.17) is 4.74 Å². The molecule has 7 nitrogen and oxygen atoms in total. The van der Waals surface area contributed by atoms with Gasteiger partial charge in [-0.1, -0.05) is 0 Å². The van der Waals surface area contributed by atoms with Crippen LogP contribution in [-0.4, -0.2) is 34.3 Å². The van der Waals surface area contributed by atoms with Crippen LogP contribution in [0.25, 0.3) is 27.7 Å². The number of nitro groups is 1. The van der Waals surface area contributed by atoms with Crippen molar-refractivity contribution in [1.29, 1.82) is 0 Å². The number of fused-ring (bicyclic) bond motifs is 1. The number of aromatic amines is 1. The predicted molar refractivity (Wildman–Crippen MR) is 125 cm³/mol. The van der Waals surface area contributed by atoms with Gasteiger partial charge in [0.25, 0.3) is 5.69 Å². The van der Waals surface area contributed by atoms with E-state index in [1.165, 1.54) is 24.3 Å². The van der Waals surface area contributed by atoms with Crippen LogP contribution in [0.5, 0.6) is 5.75 Å². The van der Waals surface area contributed by atoms with E-state index in [1.54, 1.807) is 31.5 Å². The molecule has 5 rings (SSSR count). The lowest BCUT2D eigenvalue weighted by molar-refractivity contribution is -0.384. The first-order valence-electron chi connectivity index (χ1n) is 10.4. The third-order valence-electron chi connectivity index (χ3n) is 5.68. The normalized spacial score (nSPS) is 13.5.